The first-order valence-corrected chi connectivity index (χ1v) is 9.01. The van der Waals surface area contributed by atoms with Crippen LogP contribution in [0.1, 0.15) is 38.2 Å². The summed E-state index contributed by atoms with van der Waals surface area (Å²) < 4.78 is 5.20. The highest BCUT2D eigenvalue weighted by molar-refractivity contribution is 5.91. The van der Waals surface area contributed by atoms with Gasteiger partial charge in [-0.05, 0) is 67.7 Å². The van der Waals surface area contributed by atoms with Crippen LogP contribution < -0.4 is 15.8 Å². The van der Waals surface area contributed by atoms with Crippen LogP contribution in [0, 0.1) is 17.8 Å². The number of amides is 2. The van der Waals surface area contributed by atoms with E-state index < -0.39 is 5.91 Å². The van der Waals surface area contributed by atoms with E-state index in [1.807, 2.05) is 12.1 Å². The van der Waals surface area contributed by atoms with E-state index in [0.717, 1.165) is 17.4 Å². The minimum absolute atomic E-state index is 0.0515. The quantitative estimate of drug-likeness (QED) is 0.747. The Morgan fingerprint density at radius 3 is 2.64 bits per heavy atom. The lowest BCUT2D eigenvalue weighted by atomic mass is 9.84. The number of benzene rings is 1. The van der Waals surface area contributed by atoms with Gasteiger partial charge in [-0.3, -0.25) is 9.59 Å². The molecule has 0 heterocycles. The van der Waals surface area contributed by atoms with Crippen LogP contribution in [-0.4, -0.2) is 24.5 Å². The molecule has 3 N–H and O–H groups in total. The maximum atomic E-state index is 12.2. The van der Waals surface area contributed by atoms with Crippen LogP contribution >= 0.6 is 0 Å². The zero-order valence-electron chi connectivity index (χ0n) is 14.6. The lowest BCUT2D eigenvalue weighted by molar-refractivity contribution is -0.120. The van der Waals surface area contributed by atoms with Gasteiger partial charge >= 0.3 is 0 Å². The Kier molecular flexibility index (Phi) is 5.41. The lowest BCUT2D eigenvalue weighted by Crippen LogP contribution is -2.39. The topological polar surface area (TPSA) is 81.4 Å². The number of nitrogens with one attached hydrogen (secondary N) is 1. The van der Waals surface area contributed by atoms with E-state index in [0.29, 0.717) is 11.7 Å². The van der Waals surface area contributed by atoms with Crippen molar-refractivity contribution in [2.24, 2.45) is 23.5 Å². The van der Waals surface area contributed by atoms with Crippen molar-refractivity contribution >= 4 is 17.9 Å². The van der Waals surface area contributed by atoms with Crippen LogP contribution in [0.3, 0.4) is 0 Å². The number of hydrogen-bond donors (Lipinski definition) is 2. The van der Waals surface area contributed by atoms with Crippen molar-refractivity contribution in [3.8, 4) is 5.75 Å². The van der Waals surface area contributed by atoms with Crippen LogP contribution in [-0.2, 0) is 9.59 Å². The Morgan fingerprint density at radius 1 is 1.28 bits per heavy atom. The molecule has 0 spiro atoms. The molecule has 0 aliphatic heterocycles. The van der Waals surface area contributed by atoms with Gasteiger partial charge in [0.05, 0.1) is 0 Å². The molecule has 1 aromatic carbocycles. The van der Waals surface area contributed by atoms with Crippen molar-refractivity contribution < 1.29 is 14.3 Å². The number of primary amides is 1. The van der Waals surface area contributed by atoms with Crippen LogP contribution in [0.2, 0.25) is 0 Å². The van der Waals surface area contributed by atoms with Gasteiger partial charge in [-0.2, -0.15) is 0 Å². The van der Waals surface area contributed by atoms with E-state index in [9.17, 15) is 9.59 Å². The molecule has 134 valence electrons. The maximum Gasteiger partial charge on any atom is 0.255 e. The predicted octanol–water partition coefficient (Wildman–Crippen LogP) is 2.50. The molecule has 4 atom stereocenters. The Hall–Kier alpha value is -2.30. The van der Waals surface area contributed by atoms with Gasteiger partial charge in [0, 0.05) is 12.1 Å². The zero-order chi connectivity index (χ0) is 17.8. The van der Waals surface area contributed by atoms with Crippen molar-refractivity contribution in [2.45, 2.75) is 38.6 Å². The molecule has 2 amide bonds. The minimum Gasteiger partial charge on any atom is -0.484 e. The number of rotatable bonds is 7. The highest BCUT2D eigenvalue weighted by Crippen LogP contribution is 2.49. The Morgan fingerprint density at radius 2 is 2.04 bits per heavy atom. The first kappa shape index (κ1) is 17.5. The van der Waals surface area contributed by atoms with Gasteiger partial charge in [-0.15, -0.1) is 0 Å². The number of fused-ring (bicyclic) bond motifs is 2. The molecule has 2 bridgehead atoms. The number of hydrogen-bond acceptors (Lipinski definition) is 3. The molecule has 0 saturated heterocycles. The van der Waals surface area contributed by atoms with E-state index in [4.69, 9.17) is 10.5 Å². The second kappa shape index (κ2) is 7.72. The van der Waals surface area contributed by atoms with Gasteiger partial charge in [0.1, 0.15) is 5.75 Å². The molecule has 0 aromatic heterocycles. The predicted molar refractivity (Wildman–Crippen MR) is 96.7 cm³/mol. The first-order chi connectivity index (χ1) is 12.0. The number of carbonyl (C=O) groups is 2. The maximum absolute atomic E-state index is 12.2. The molecular formula is C20H26N2O3. The SMILES string of the molecule is CC(NC(=O)C=Cc1ccc(OCC(N)=O)cc1)C1CC2CCC1C2. The zero-order valence-corrected chi connectivity index (χ0v) is 14.6. The summed E-state index contributed by atoms with van der Waals surface area (Å²) in [7, 11) is 0. The van der Waals surface area contributed by atoms with Gasteiger partial charge in [0.25, 0.3) is 5.91 Å². The van der Waals surface area contributed by atoms with E-state index in [2.05, 4.69) is 12.2 Å². The largest absolute Gasteiger partial charge is 0.484 e. The molecule has 2 saturated carbocycles. The third-order valence-electron chi connectivity index (χ3n) is 5.49. The fourth-order valence-corrected chi connectivity index (χ4v) is 4.29. The highest BCUT2D eigenvalue weighted by atomic mass is 16.5. The molecule has 4 unspecified atom stereocenters. The van der Waals surface area contributed by atoms with Crippen molar-refractivity contribution in [3.63, 3.8) is 0 Å². The summed E-state index contributed by atoms with van der Waals surface area (Å²) in [5.74, 6) is 2.34. The summed E-state index contributed by atoms with van der Waals surface area (Å²) in [5.41, 5.74) is 5.93. The van der Waals surface area contributed by atoms with E-state index >= 15 is 0 Å². The van der Waals surface area contributed by atoms with Crippen molar-refractivity contribution in [1.29, 1.82) is 0 Å². The van der Waals surface area contributed by atoms with Crippen molar-refractivity contribution in [2.75, 3.05) is 6.61 Å². The molecule has 1 aromatic rings. The summed E-state index contributed by atoms with van der Waals surface area (Å²) in [5, 5.41) is 3.12. The molecule has 25 heavy (non-hydrogen) atoms. The Bertz CT molecular complexity index is 653. The second-order valence-corrected chi connectivity index (χ2v) is 7.29. The molecule has 5 nitrogen and oxygen atoms in total. The monoisotopic (exact) mass is 342 g/mol. The van der Waals surface area contributed by atoms with Gasteiger partial charge in [0.2, 0.25) is 5.91 Å². The van der Waals surface area contributed by atoms with E-state index in [-0.39, 0.29) is 18.6 Å². The molecule has 5 heteroatoms. The number of ether oxygens (including phenoxy) is 1. The summed E-state index contributed by atoms with van der Waals surface area (Å²) in [6.07, 6.45) is 8.67. The van der Waals surface area contributed by atoms with Crippen LogP contribution in [0.25, 0.3) is 6.08 Å². The summed E-state index contributed by atoms with van der Waals surface area (Å²) in [6.45, 7) is 1.99. The summed E-state index contributed by atoms with van der Waals surface area (Å²) in [4.78, 5) is 22.8. The lowest BCUT2D eigenvalue weighted by Gasteiger charge is -2.28. The molecule has 2 aliphatic carbocycles. The average molecular weight is 342 g/mol. The molecule has 2 fully saturated rings. The van der Waals surface area contributed by atoms with Crippen molar-refractivity contribution in [1.82, 2.24) is 5.32 Å². The van der Waals surface area contributed by atoms with Crippen LogP contribution in [0.15, 0.2) is 30.3 Å². The minimum atomic E-state index is -0.509. The van der Waals surface area contributed by atoms with Gasteiger partial charge in [-0.25, -0.2) is 0 Å². The van der Waals surface area contributed by atoms with E-state index in [1.165, 1.54) is 25.7 Å². The molecule has 2 aliphatic rings. The Labute approximate surface area is 148 Å². The fourth-order valence-electron chi connectivity index (χ4n) is 4.29. The summed E-state index contributed by atoms with van der Waals surface area (Å²) in [6, 6.07) is 7.40. The highest BCUT2D eigenvalue weighted by Gasteiger charge is 2.41. The third kappa shape index (κ3) is 4.62. The smallest absolute Gasteiger partial charge is 0.255 e. The molecule has 3 rings (SSSR count). The molecule has 0 radical (unpaired) electrons. The van der Waals surface area contributed by atoms with Crippen molar-refractivity contribution in [3.05, 3.63) is 35.9 Å². The fraction of sp³-hybridized carbons (Fsp3) is 0.500. The van der Waals surface area contributed by atoms with Gasteiger partial charge in [-0.1, -0.05) is 18.6 Å². The third-order valence-corrected chi connectivity index (χ3v) is 5.49. The van der Waals surface area contributed by atoms with E-state index in [1.54, 1.807) is 24.3 Å². The standard InChI is InChI=1S/C20H26N2O3/c1-13(18-11-15-2-6-16(18)10-15)22-20(24)9-5-14-3-7-17(8-4-14)25-12-19(21)23/h3-5,7-9,13,15-16,18H,2,6,10-12H2,1H3,(H2,21,23)(H,22,24). The number of nitrogens with two attached hydrogens (primary N) is 1. The van der Waals surface area contributed by atoms with Crippen LogP contribution in [0.4, 0.5) is 0 Å². The number of carbonyl (C=O) groups excluding carboxylic acids is 2. The molecular weight excluding hydrogens is 316 g/mol. The second-order valence-electron chi connectivity index (χ2n) is 7.29. The summed E-state index contributed by atoms with van der Waals surface area (Å²) >= 11 is 0. The van der Waals surface area contributed by atoms with Gasteiger partial charge < -0.3 is 15.8 Å². The normalized spacial score (nSPS) is 25.9. The van der Waals surface area contributed by atoms with Crippen LogP contribution in [0.5, 0.6) is 5.75 Å². The first-order valence-electron chi connectivity index (χ1n) is 9.01. The van der Waals surface area contributed by atoms with Gasteiger partial charge in [0.15, 0.2) is 6.61 Å². The average Bonchev–Trinajstić information content (AvgIpc) is 3.22. The Balaban J connectivity index is 1.47.